The lowest BCUT2D eigenvalue weighted by Gasteiger charge is -1.98. The van der Waals surface area contributed by atoms with Crippen LogP contribution in [0.15, 0.2) is 30.3 Å². The van der Waals surface area contributed by atoms with Gasteiger partial charge in [0.05, 0.1) is 5.69 Å². The molecule has 0 saturated heterocycles. The van der Waals surface area contributed by atoms with E-state index in [0.29, 0.717) is 0 Å². The molecule has 72 valence electrons. The Morgan fingerprint density at radius 3 is 2.57 bits per heavy atom. The van der Waals surface area contributed by atoms with Gasteiger partial charge in [-0.25, -0.2) is 0 Å². The van der Waals surface area contributed by atoms with E-state index in [-0.39, 0.29) is 0 Å². The van der Waals surface area contributed by atoms with Crippen LogP contribution in [-0.4, -0.2) is 10.2 Å². The zero-order valence-corrected chi connectivity index (χ0v) is 8.12. The Hall–Kier alpha value is -1.77. The molecule has 3 nitrogen and oxygen atoms in total. The van der Waals surface area contributed by atoms with E-state index in [1.165, 1.54) is 5.56 Å². The zero-order chi connectivity index (χ0) is 9.97. The smallest absolute Gasteiger partial charge is 0.0668 e. The summed E-state index contributed by atoms with van der Waals surface area (Å²) < 4.78 is 0. The minimum Gasteiger partial charge on any atom is -0.399 e. The first-order valence-corrected chi connectivity index (χ1v) is 4.59. The van der Waals surface area contributed by atoms with E-state index in [0.717, 1.165) is 23.5 Å². The highest BCUT2D eigenvalue weighted by atomic mass is 15.1. The van der Waals surface area contributed by atoms with Gasteiger partial charge in [-0.05, 0) is 30.7 Å². The molecule has 3 N–H and O–H groups in total. The maximum Gasteiger partial charge on any atom is 0.0668 e. The van der Waals surface area contributed by atoms with Crippen molar-refractivity contribution in [3.63, 3.8) is 0 Å². The van der Waals surface area contributed by atoms with E-state index in [4.69, 9.17) is 5.73 Å². The van der Waals surface area contributed by atoms with Gasteiger partial charge in [-0.2, -0.15) is 5.10 Å². The number of benzene rings is 1. The van der Waals surface area contributed by atoms with Crippen LogP contribution >= 0.6 is 0 Å². The van der Waals surface area contributed by atoms with Gasteiger partial charge in [0.1, 0.15) is 0 Å². The molecule has 0 bridgehead atoms. The molecule has 0 aliphatic heterocycles. The largest absolute Gasteiger partial charge is 0.399 e. The van der Waals surface area contributed by atoms with Crippen molar-refractivity contribution in [2.45, 2.75) is 13.3 Å². The first kappa shape index (κ1) is 8.81. The van der Waals surface area contributed by atoms with Crippen molar-refractivity contribution < 1.29 is 0 Å². The zero-order valence-electron chi connectivity index (χ0n) is 8.12. The third-order valence-corrected chi connectivity index (χ3v) is 2.12. The van der Waals surface area contributed by atoms with E-state index >= 15 is 0 Å². The Bertz CT molecular complexity index is 414. The number of rotatable bonds is 2. The van der Waals surface area contributed by atoms with Crippen molar-refractivity contribution in [1.29, 1.82) is 0 Å². The molecule has 0 spiro atoms. The van der Waals surface area contributed by atoms with Gasteiger partial charge in [-0.15, -0.1) is 0 Å². The van der Waals surface area contributed by atoms with Gasteiger partial charge in [0, 0.05) is 17.8 Å². The fraction of sp³-hybridized carbons (Fsp3) is 0.182. The molecule has 2 aromatic rings. The maximum absolute atomic E-state index is 5.60. The van der Waals surface area contributed by atoms with Crippen molar-refractivity contribution >= 4 is 5.69 Å². The van der Waals surface area contributed by atoms with Crippen molar-refractivity contribution in [2.24, 2.45) is 0 Å². The molecule has 0 saturated carbocycles. The van der Waals surface area contributed by atoms with Crippen LogP contribution in [0.4, 0.5) is 5.69 Å². The number of H-pyrrole nitrogens is 1. The minimum absolute atomic E-state index is 0.798. The molecule has 2 rings (SSSR count). The van der Waals surface area contributed by atoms with Crippen LogP contribution in [0.25, 0.3) is 0 Å². The summed E-state index contributed by atoms with van der Waals surface area (Å²) in [5, 5.41) is 7.10. The standard InChI is InChI=1S/C11H13N3/c1-8-6-11(14-13-8)7-9-2-4-10(12)5-3-9/h2-6H,7,12H2,1H3,(H,13,14). The Labute approximate surface area is 83.0 Å². The van der Waals surface area contributed by atoms with Crippen LogP contribution in [0.5, 0.6) is 0 Å². The number of aryl methyl sites for hydroxylation is 1. The van der Waals surface area contributed by atoms with E-state index < -0.39 is 0 Å². The average molecular weight is 187 g/mol. The number of nitrogens with two attached hydrogens (primary N) is 1. The number of nitrogens with one attached hydrogen (secondary N) is 1. The summed E-state index contributed by atoms with van der Waals surface area (Å²) in [6.07, 6.45) is 0.852. The number of aromatic amines is 1. The number of anilines is 1. The highest BCUT2D eigenvalue weighted by Gasteiger charge is 1.99. The van der Waals surface area contributed by atoms with E-state index in [2.05, 4.69) is 16.3 Å². The van der Waals surface area contributed by atoms with Crippen molar-refractivity contribution in [2.75, 3.05) is 5.73 Å². The molecular formula is C11H13N3. The molecular weight excluding hydrogens is 174 g/mol. The third kappa shape index (κ3) is 1.93. The summed E-state index contributed by atoms with van der Waals surface area (Å²) in [5.74, 6) is 0. The topological polar surface area (TPSA) is 54.7 Å². The molecule has 0 radical (unpaired) electrons. The fourth-order valence-corrected chi connectivity index (χ4v) is 1.41. The molecule has 0 aliphatic carbocycles. The van der Waals surface area contributed by atoms with E-state index in [1.807, 2.05) is 31.2 Å². The highest BCUT2D eigenvalue weighted by Crippen LogP contribution is 2.10. The van der Waals surface area contributed by atoms with Crippen LogP contribution in [0.3, 0.4) is 0 Å². The molecule has 14 heavy (non-hydrogen) atoms. The number of hydrogen-bond acceptors (Lipinski definition) is 2. The molecule has 1 aromatic carbocycles. The average Bonchev–Trinajstić information content (AvgIpc) is 2.56. The fourth-order valence-electron chi connectivity index (χ4n) is 1.41. The molecule has 0 aliphatic rings. The van der Waals surface area contributed by atoms with E-state index in [1.54, 1.807) is 0 Å². The van der Waals surface area contributed by atoms with Gasteiger partial charge < -0.3 is 5.73 Å². The van der Waals surface area contributed by atoms with Crippen LogP contribution in [-0.2, 0) is 6.42 Å². The second kappa shape index (κ2) is 3.54. The van der Waals surface area contributed by atoms with Crippen molar-refractivity contribution in [3.05, 3.63) is 47.3 Å². The van der Waals surface area contributed by atoms with Gasteiger partial charge in [0.25, 0.3) is 0 Å². The Kier molecular flexibility index (Phi) is 2.23. The number of aromatic nitrogens is 2. The van der Waals surface area contributed by atoms with Gasteiger partial charge >= 0.3 is 0 Å². The third-order valence-electron chi connectivity index (χ3n) is 2.12. The number of nitrogens with zero attached hydrogens (tertiary/aromatic N) is 1. The van der Waals surface area contributed by atoms with Crippen LogP contribution in [0.1, 0.15) is 17.0 Å². The second-order valence-electron chi connectivity index (χ2n) is 3.46. The summed E-state index contributed by atoms with van der Waals surface area (Å²) in [6, 6.07) is 9.93. The summed E-state index contributed by atoms with van der Waals surface area (Å²) >= 11 is 0. The maximum atomic E-state index is 5.60. The molecule has 0 unspecified atom stereocenters. The van der Waals surface area contributed by atoms with Crippen molar-refractivity contribution in [3.8, 4) is 0 Å². The predicted octanol–water partition coefficient (Wildman–Crippen LogP) is 1.89. The predicted molar refractivity (Wildman–Crippen MR) is 57.0 cm³/mol. The van der Waals surface area contributed by atoms with Crippen LogP contribution in [0, 0.1) is 6.92 Å². The lowest BCUT2D eigenvalue weighted by molar-refractivity contribution is 0.980. The number of hydrogen-bond donors (Lipinski definition) is 2. The Morgan fingerprint density at radius 1 is 1.29 bits per heavy atom. The summed E-state index contributed by atoms with van der Waals surface area (Å²) in [5.41, 5.74) is 9.78. The van der Waals surface area contributed by atoms with Gasteiger partial charge in [0.15, 0.2) is 0 Å². The van der Waals surface area contributed by atoms with Crippen molar-refractivity contribution in [1.82, 2.24) is 10.2 Å². The van der Waals surface area contributed by atoms with Gasteiger partial charge in [-0.3, -0.25) is 5.10 Å². The SMILES string of the molecule is Cc1cc(Cc2ccc(N)cc2)n[nH]1. The van der Waals surface area contributed by atoms with Gasteiger partial charge in [0.2, 0.25) is 0 Å². The first-order valence-electron chi connectivity index (χ1n) is 4.59. The van der Waals surface area contributed by atoms with Crippen LogP contribution in [0.2, 0.25) is 0 Å². The summed E-state index contributed by atoms with van der Waals surface area (Å²) in [7, 11) is 0. The molecule has 1 aromatic heterocycles. The lowest BCUT2D eigenvalue weighted by atomic mass is 10.1. The highest BCUT2D eigenvalue weighted by molar-refractivity contribution is 5.40. The van der Waals surface area contributed by atoms with Gasteiger partial charge in [-0.1, -0.05) is 12.1 Å². The summed E-state index contributed by atoms with van der Waals surface area (Å²) in [6.45, 7) is 2.00. The normalized spacial score (nSPS) is 10.4. The minimum atomic E-state index is 0.798. The van der Waals surface area contributed by atoms with Crippen LogP contribution < -0.4 is 5.73 Å². The second-order valence-corrected chi connectivity index (χ2v) is 3.46. The van der Waals surface area contributed by atoms with E-state index in [9.17, 15) is 0 Å². The quantitative estimate of drug-likeness (QED) is 0.705. The molecule has 1 heterocycles. The molecule has 3 heteroatoms. The molecule has 0 fully saturated rings. The number of nitrogen functional groups attached to an aromatic ring is 1. The molecule has 0 atom stereocenters. The Balaban J connectivity index is 2.15. The first-order chi connectivity index (χ1) is 6.74. The molecule has 0 amide bonds. The summed E-state index contributed by atoms with van der Waals surface area (Å²) in [4.78, 5) is 0. The lowest BCUT2D eigenvalue weighted by Crippen LogP contribution is -1.89. The monoisotopic (exact) mass is 187 g/mol. The Morgan fingerprint density at radius 2 is 2.00 bits per heavy atom.